The van der Waals surface area contributed by atoms with Crippen LogP contribution in [0.5, 0.6) is 17.2 Å². The van der Waals surface area contributed by atoms with Gasteiger partial charge in [0.15, 0.2) is 11.5 Å². The Kier molecular flexibility index (Phi) is 8.17. The number of amides is 1. The number of methoxy groups -OCH3 is 3. The van der Waals surface area contributed by atoms with Gasteiger partial charge >= 0.3 is 0 Å². The summed E-state index contributed by atoms with van der Waals surface area (Å²) in [6.45, 7) is 6.73. The molecule has 182 valence electrons. The molecule has 8 heteroatoms. The van der Waals surface area contributed by atoms with Gasteiger partial charge in [0, 0.05) is 18.7 Å². The van der Waals surface area contributed by atoms with E-state index in [-0.39, 0.29) is 11.3 Å². The maximum atomic E-state index is 13.2. The predicted octanol–water partition coefficient (Wildman–Crippen LogP) is 3.48. The zero-order chi connectivity index (χ0) is 24.8. The molecule has 1 saturated heterocycles. The molecule has 1 fully saturated rings. The van der Waals surface area contributed by atoms with Crippen LogP contribution in [0.3, 0.4) is 0 Å². The van der Waals surface area contributed by atoms with Gasteiger partial charge in [0.2, 0.25) is 0 Å². The summed E-state index contributed by atoms with van der Waals surface area (Å²) in [6, 6.07) is 11.3. The van der Waals surface area contributed by atoms with Crippen LogP contribution in [0.2, 0.25) is 0 Å². The molecule has 1 heterocycles. The Bertz CT molecular complexity index is 1060. The van der Waals surface area contributed by atoms with Gasteiger partial charge in [0.1, 0.15) is 11.5 Å². The molecule has 1 N–H and O–H groups in total. The minimum Gasteiger partial charge on any atom is -0.507 e. The summed E-state index contributed by atoms with van der Waals surface area (Å²) in [5, 5.41) is 11.3. The topological polar surface area (TPSA) is 88.5 Å². The number of ether oxygens (including phenoxy) is 3. The number of rotatable bonds is 10. The molecule has 0 radical (unpaired) electrons. The number of hydrogen-bond acceptors (Lipinski definition) is 7. The molecule has 3 rings (SSSR count). The molecule has 0 aliphatic carbocycles. The molecular formula is C26H32N2O6. The van der Waals surface area contributed by atoms with Crippen LogP contribution in [0.1, 0.15) is 31.0 Å². The number of aliphatic hydroxyl groups is 1. The van der Waals surface area contributed by atoms with Gasteiger partial charge in [-0.2, -0.15) is 0 Å². The molecule has 1 unspecified atom stereocenters. The lowest BCUT2D eigenvalue weighted by molar-refractivity contribution is -0.140. The van der Waals surface area contributed by atoms with Crippen LogP contribution in [-0.2, 0) is 9.59 Å². The smallest absolute Gasteiger partial charge is 0.295 e. The fourth-order valence-electron chi connectivity index (χ4n) is 4.17. The van der Waals surface area contributed by atoms with Crippen molar-refractivity contribution in [1.29, 1.82) is 0 Å². The van der Waals surface area contributed by atoms with Gasteiger partial charge in [-0.25, -0.2) is 0 Å². The second-order valence-corrected chi connectivity index (χ2v) is 7.86. The van der Waals surface area contributed by atoms with Crippen LogP contribution in [-0.4, -0.2) is 74.1 Å². The van der Waals surface area contributed by atoms with E-state index in [1.807, 2.05) is 12.1 Å². The van der Waals surface area contributed by atoms with Crippen molar-refractivity contribution in [3.8, 4) is 17.2 Å². The predicted molar refractivity (Wildman–Crippen MR) is 129 cm³/mol. The van der Waals surface area contributed by atoms with E-state index >= 15 is 0 Å². The number of likely N-dealkylation sites (N-methyl/N-ethyl adjacent to an activating group) is 1. The summed E-state index contributed by atoms with van der Waals surface area (Å²) in [5.41, 5.74) is 1.11. The second kappa shape index (κ2) is 11.1. The molecule has 0 spiro atoms. The second-order valence-electron chi connectivity index (χ2n) is 7.86. The molecule has 1 atom stereocenters. The minimum atomic E-state index is -0.727. The van der Waals surface area contributed by atoms with E-state index in [1.165, 1.54) is 19.1 Å². The zero-order valence-corrected chi connectivity index (χ0v) is 20.3. The zero-order valence-electron chi connectivity index (χ0n) is 20.3. The third-order valence-electron chi connectivity index (χ3n) is 6.18. The maximum Gasteiger partial charge on any atom is 0.295 e. The Morgan fingerprint density at radius 2 is 1.59 bits per heavy atom. The van der Waals surface area contributed by atoms with Crippen molar-refractivity contribution in [2.24, 2.45) is 0 Å². The number of carbonyl (C=O) groups is 2. The van der Waals surface area contributed by atoms with E-state index in [0.717, 1.165) is 13.1 Å². The van der Waals surface area contributed by atoms with Crippen molar-refractivity contribution in [3.05, 3.63) is 59.2 Å². The molecule has 1 amide bonds. The van der Waals surface area contributed by atoms with E-state index < -0.39 is 17.7 Å². The number of likely N-dealkylation sites (tertiary alicyclic amines) is 1. The van der Waals surface area contributed by atoms with Crippen molar-refractivity contribution < 1.29 is 28.9 Å². The Balaban J connectivity index is 2.12. The molecule has 0 aromatic heterocycles. The van der Waals surface area contributed by atoms with Gasteiger partial charge in [0.25, 0.3) is 11.7 Å². The van der Waals surface area contributed by atoms with Crippen molar-refractivity contribution in [3.63, 3.8) is 0 Å². The van der Waals surface area contributed by atoms with E-state index in [0.29, 0.717) is 41.5 Å². The Morgan fingerprint density at radius 3 is 2.15 bits per heavy atom. The van der Waals surface area contributed by atoms with Gasteiger partial charge in [-0.05, 0) is 49.0 Å². The number of aliphatic hydroxyl groups excluding tert-OH is 1. The highest BCUT2D eigenvalue weighted by atomic mass is 16.5. The lowest BCUT2D eigenvalue weighted by Gasteiger charge is -2.28. The van der Waals surface area contributed by atoms with Crippen LogP contribution < -0.4 is 14.2 Å². The fourth-order valence-corrected chi connectivity index (χ4v) is 4.17. The van der Waals surface area contributed by atoms with E-state index in [4.69, 9.17) is 14.2 Å². The average molecular weight is 469 g/mol. The molecule has 1 aliphatic heterocycles. The number of carbonyl (C=O) groups excluding carboxylic acids is 2. The minimum absolute atomic E-state index is 0.0435. The summed E-state index contributed by atoms with van der Waals surface area (Å²) in [4.78, 5) is 30.0. The highest BCUT2D eigenvalue weighted by Gasteiger charge is 2.46. The summed E-state index contributed by atoms with van der Waals surface area (Å²) in [5.74, 6) is -0.0504. The number of nitrogens with zero attached hydrogens (tertiary/aromatic N) is 2. The van der Waals surface area contributed by atoms with Crippen molar-refractivity contribution in [1.82, 2.24) is 9.80 Å². The number of Topliss-reactive ketones (excluding diaryl/α,β-unsaturated/α-hetero) is 1. The first-order valence-electron chi connectivity index (χ1n) is 11.3. The van der Waals surface area contributed by atoms with Crippen molar-refractivity contribution in [2.75, 3.05) is 47.5 Å². The summed E-state index contributed by atoms with van der Waals surface area (Å²) in [7, 11) is 4.58. The average Bonchev–Trinajstić information content (AvgIpc) is 3.13. The Morgan fingerprint density at radius 1 is 0.941 bits per heavy atom. The van der Waals surface area contributed by atoms with Crippen LogP contribution in [0.4, 0.5) is 0 Å². The van der Waals surface area contributed by atoms with Gasteiger partial charge in [-0.15, -0.1) is 0 Å². The molecule has 2 aromatic carbocycles. The van der Waals surface area contributed by atoms with E-state index in [9.17, 15) is 14.7 Å². The van der Waals surface area contributed by atoms with Crippen LogP contribution in [0.15, 0.2) is 48.0 Å². The van der Waals surface area contributed by atoms with Gasteiger partial charge in [-0.1, -0.05) is 26.0 Å². The first kappa shape index (κ1) is 25.1. The first-order chi connectivity index (χ1) is 16.4. The lowest BCUT2D eigenvalue weighted by Crippen LogP contribution is -2.38. The summed E-state index contributed by atoms with van der Waals surface area (Å²) in [6.07, 6.45) is 0. The molecular weight excluding hydrogens is 436 g/mol. The fraction of sp³-hybridized carbons (Fsp3) is 0.385. The number of hydrogen-bond donors (Lipinski definition) is 1. The molecule has 8 nitrogen and oxygen atoms in total. The van der Waals surface area contributed by atoms with Crippen molar-refractivity contribution >= 4 is 17.4 Å². The normalized spacial score (nSPS) is 17.4. The number of benzene rings is 2. The van der Waals surface area contributed by atoms with Crippen LogP contribution in [0, 0.1) is 0 Å². The maximum absolute atomic E-state index is 13.2. The first-order valence-corrected chi connectivity index (χ1v) is 11.3. The molecule has 2 aromatic rings. The van der Waals surface area contributed by atoms with E-state index in [2.05, 4.69) is 18.7 Å². The third kappa shape index (κ3) is 4.87. The molecule has 0 saturated carbocycles. The molecule has 1 aliphatic rings. The standard InChI is InChI=1S/C26H32N2O6/c1-6-27(7-2)14-15-28-23(17-8-11-19(32-3)12-9-17)22(25(30)26(28)31)24(29)18-10-13-20(33-4)21(16-18)34-5/h8-13,16,23,29H,6-7,14-15H2,1-5H3/b24-22-. The van der Waals surface area contributed by atoms with Gasteiger partial charge < -0.3 is 29.1 Å². The van der Waals surface area contributed by atoms with Crippen LogP contribution in [0.25, 0.3) is 5.76 Å². The molecule has 34 heavy (non-hydrogen) atoms. The third-order valence-corrected chi connectivity index (χ3v) is 6.18. The highest BCUT2D eigenvalue weighted by Crippen LogP contribution is 2.40. The van der Waals surface area contributed by atoms with Crippen LogP contribution >= 0.6 is 0 Å². The van der Waals surface area contributed by atoms with Gasteiger partial charge in [0.05, 0.1) is 32.9 Å². The lowest BCUT2D eigenvalue weighted by atomic mass is 9.95. The Hall–Kier alpha value is -3.52. The molecule has 0 bridgehead atoms. The van der Waals surface area contributed by atoms with Gasteiger partial charge in [-0.3, -0.25) is 9.59 Å². The van der Waals surface area contributed by atoms with Crippen molar-refractivity contribution in [2.45, 2.75) is 19.9 Å². The van der Waals surface area contributed by atoms with E-state index in [1.54, 1.807) is 37.4 Å². The SMILES string of the molecule is CCN(CC)CCN1C(=O)C(=O)/C(=C(\O)c2ccc(OC)c(OC)c2)C1c1ccc(OC)cc1. The monoisotopic (exact) mass is 468 g/mol. The highest BCUT2D eigenvalue weighted by molar-refractivity contribution is 6.46. The summed E-state index contributed by atoms with van der Waals surface area (Å²) < 4.78 is 15.9. The summed E-state index contributed by atoms with van der Waals surface area (Å²) >= 11 is 0. The largest absolute Gasteiger partial charge is 0.507 e. The Labute approximate surface area is 200 Å². The quantitative estimate of drug-likeness (QED) is 0.324. The number of ketones is 1.